The van der Waals surface area contributed by atoms with E-state index in [4.69, 9.17) is 4.74 Å². The molecule has 0 bridgehead atoms. The van der Waals surface area contributed by atoms with Crippen LogP contribution in [0.5, 0.6) is 5.75 Å². The molecule has 152 valence electrons. The van der Waals surface area contributed by atoms with Crippen molar-refractivity contribution in [3.63, 3.8) is 0 Å². The third-order valence-electron chi connectivity index (χ3n) is 4.68. The second kappa shape index (κ2) is 8.47. The zero-order valence-corrected chi connectivity index (χ0v) is 16.7. The van der Waals surface area contributed by atoms with Crippen molar-refractivity contribution in [3.05, 3.63) is 71.0 Å². The number of hydrogen-bond donors (Lipinski definition) is 1. The van der Waals surface area contributed by atoms with Gasteiger partial charge in [-0.15, -0.1) is 0 Å². The molecule has 0 spiro atoms. The molecule has 1 N–H and O–H groups in total. The Kier molecular flexibility index (Phi) is 6.01. The number of ether oxygens (including phenoxy) is 1. The van der Waals surface area contributed by atoms with E-state index in [1.807, 2.05) is 20.8 Å². The van der Waals surface area contributed by atoms with Gasteiger partial charge in [-0.25, -0.2) is 4.39 Å². The van der Waals surface area contributed by atoms with E-state index in [0.717, 1.165) is 0 Å². The van der Waals surface area contributed by atoms with E-state index in [-0.39, 0.29) is 29.5 Å². The van der Waals surface area contributed by atoms with E-state index >= 15 is 0 Å². The number of nitrogens with zero attached hydrogens (tertiary/aromatic N) is 1. The third-order valence-corrected chi connectivity index (χ3v) is 4.68. The lowest BCUT2D eigenvalue weighted by Crippen LogP contribution is -2.30. The van der Waals surface area contributed by atoms with E-state index in [2.05, 4.69) is 0 Å². The maximum Gasteiger partial charge on any atom is 0.295 e. The minimum Gasteiger partial charge on any atom is -0.507 e. The van der Waals surface area contributed by atoms with Crippen LogP contribution < -0.4 is 4.74 Å². The first-order valence-corrected chi connectivity index (χ1v) is 9.65. The maximum absolute atomic E-state index is 14.6. The summed E-state index contributed by atoms with van der Waals surface area (Å²) in [7, 11) is 0. The maximum atomic E-state index is 14.6. The molecule has 5 nitrogen and oxygen atoms in total. The average Bonchev–Trinajstić information content (AvgIpc) is 2.93. The van der Waals surface area contributed by atoms with Crippen LogP contribution in [0, 0.1) is 5.82 Å². The standard InChI is InChI=1S/C23H24FNO4/c1-4-12-25-20(17-10-5-6-11-18(17)24)19(22(27)23(25)28)21(26)15-8-7-9-16(13-15)29-14(2)3/h5-11,13-14,20,26H,4,12H2,1-3H3/b21-19-. The molecule has 1 aliphatic heterocycles. The fourth-order valence-electron chi connectivity index (χ4n) is 3.52. The molecule has 1 amide bonds. The molecule has 29 heavy (non-hydrogen) atoms. The van der Waals surface area contributed by atoms with Crippen LogP contribution in [0.3, 0.4) is 0 Å². The first-order chi connectivity index (χ1) is 13.8. The van der Waals surface area contributed by atoms with E-state index in [9.17, 15) is 19.1 Å². The first-order valence-electron chi connectivity index (χ1n) is 9.65. The predicted octanol–water partition coefficient (Wildman–Crippen LogP) is 4.44. The van der Waals surface area contributed by atoms with Crippen molar-refractivity contribution in [2.75, 3.05) is 6.54 Å². The van der Waals surface area contributed by atoms with Crippen LogP contribution in [0.4, 0.5) is 4.39 Å². The molecule has 6 heteroatoms. The quantitative estimate of drug-likeness (QED) is 0.444. The minimum atomic E-state index is -0.981. The molecule has 1 fully saturated rings. The normalized spacial score (nSPS) is 18.5. The third kappa shape index (κ3) is 4.01. The Morgan fingerprint density at radius 3 is 2.55 bits per heavy atom. The minimum absolute atomic E-state index is 0.0686. The number of likely N-dealkylation sites (tertiary alicyclic amines) is 1. The number of Topliss-reactive ketones (excluding diaryl/α,β-unsaturated/α-hetero) is 1. The molecule has 1 unspecified atom stereocenters. The van der Waals surface area contributed by atoms with Gasteiger partial charge < -0.3 is 14.7 Å². The summed E-state index contributed by atoms with van der Waals surface area (Å²) in [5, 5.41) is 11.0. The van der Waals surface area contributed by atoms with Crippen molar-refractivity contribution in [3.8, 4) is 5.75 Å². The van der Waals surface area contributed by atoms with Crippen molar-refractivity contribution in [2.24, 2.45) is 0 Å². The summed E-state index contributed by atoms with van der Waals surface area (Å²) < 4.78 is 20.2. The molecule has 0 aromatic heterocycles. The van der Waals surface area contributed by atoms with Crippen molar-refractivity contribution < 1.29 is 23.8 Å². The van der Waals surface area contributed by atoms with Gasteiger partial charge >= 0.3 is 0 Å². The molecule has 2 aromatic carbocycles. The van der Waals surface area contributed by atoms with Crippen molar-refractivity contribution in [1.82, 2.24) is 4.90 Å². The molecular weight excluding hydrogens is 373 g/mol. The molecule has 0 radical (unpaired) electrons. The van der Waals surface area contributed by atoms with Gasteiger partial charge in [0.2, 0.25) is 0 Å². The summed E-state index contributed by atoms with van der Waals surface area (Å²) >= 11 is 0. The molecule has 1 saturated heterocycles. The largest absolute Gasteiger partial charge is 0.507 e. The highest BCUT2D eigenvalue weighted by atomic mass is 19.1. The number of hydrogen-bond acceptors (Lipinski definition) is 4. The molecule has 2 aromatic rings. The first kappa shape index (κ1) is 20.6. The lowest BCUT2D eigenvalue weighted by atomic mass is 9.95. The SMILES string of the molecule is CCCN1C(=O)C(=O)/C(=C(\O)c2cccc(OC(C)C)c2)C1c1ccccc1F. The monoisotopic (exact) mass is 397 g/mol. The Bertz CT molecular complexity index is 967. The number of aliphatic hydroxyl groups is 1. The van der Waals surface area contributed by atoms with Gasteiger partial charge in [-0.2, -0.15) is 0 Å². The summed E-state index contributed by atoms with van der Waals surface area (Å²) in [6.07, 6.45) is 0.524. The van der Waals surface area contributed by atoms with E-state index in [0.29, 0.717) is 17.7 Å². The Labute approximate surface area is 169 Å². The number of carbonyl (C=O) groups is 2. The predicted molar refractivity (Wildman–Crippen MR) is 108 cm³/mol. The van der Waals surface area contributed by atoms with Gasteiger partial charge in [-0.05, 0) is 38.5 Å². The smallest absolute Gasteiger partial charge is 0.295 e. The van der Waals surface area contributed by atoms with Gasteiger partial charge in [-0.3, -0.25) is 9.59 Å². The molecule has 1 aliphatic rings. The van der Waals surface area contributed by atoms with Crippen molar-refractivity contribution in [2.45, 2.75) is 39.3 Å². The summed E-state index contributed by atoms with van der Waals surface area (Å²) in [6, 6.07) is 11.6. The highest BCUT2D eigenvalue weighted by molar-refractivity contribution is 6.46. The average molecular weight is 397 g/mol. The second-order valence-corrected chi connectivity index (χ2v) is 7.21. The summed E-state index contributed by atoms with van der Waals surface area (Å²) in [5.74, 6) is -1.92. The van der Waals surface area contributed by atoms with E-state index < -0.39 is 23.5 Å². The topological polar surface area (TPSA) is 66.8 Å². The number of benzene rings is 2. The zero-order chi connectivity index (χ0) is 21.1. The van der Waals surface area contributed by atoms with E-state index in [1.165, 1.54) is 23.1 Å². The number of aliphatic hydroxyl groups excluding tert-OH is 1. The molecule has 0 saturated carbocycles. The Morgan fingerprint density at radius 2 is 1.90 bits per heavy atom. The molecular formula is C23H24FNO4. The lowest BCUT2D eigenvalue weighted by molar-refractivity contribution is -0.139. The summed E-state index contributed by atoms with van der Waals surface area (Å²) in [4.78, 5) is 26.8. The summed E-state index contributed by atoms with van der Waals surface area (Å²) in [5.41, 5.74) is 0.394. The fraction of sp³-hybridized carbons (Fsp3) is 0.304. The van der Waals surface area contributed by atoms with Gasteiger partial charge in [0.05, 0.1) is 17.7 Å². The van der Waals surface area contributed by atoms with Crippen molar-refractivity contribution >= 4 is 17.4 Å². The Morgan fingerprint density at radius 1 is 1.17 bits per heavy atom. The van der Waals surface area contributed by atoms with Gasteiger partial charge in [0.15, 0.2) is 0 Å². The Balaban J connectivity index is 2.17. The van der Waals surface area contributed by atoms with Crippen LogP contribution in [0.2, 0.25) is 0 Å². The highest BCUT2D eigenvalue weighted by Crippen LogP contribution is 2.40. The van der Waals surface area contributed by atoms with Crippen LogP contribution in [0.1, 0.15) is 44.4 Å². The van der Waals surface area contributed by atoms with Crippen LogP contribution in [0.15, 0.2) is 54.1 Å². The molecule has 1 atom stereocenters. The van der Waals surface area contributed by atoms with Gasteiger partial charge in [0.25, 0.3) is 11.7 Å². The van der Waals surface area contributed by atoms with Crippen LogP contribution in [0.25, 0.3) is 5.76 Å². The van der Waals surface area contributed by atoms with Crippen LogP contribution >= 0.6 is 0 Å². The second-order valence-electron chi connectivity index (χ2n) is 7.21. The van der Waals surface area contributed by atoms with Crippen molar-refractivity contribution in [1.29, 1.82) is 0 Å². The number of ketones is 1. The lowest BCUT2D eigenvalue weighted by Gasteiger charge is -2.25. The van der Waals surface area contributed by atoms with Gasteiger partial charge in [0, 0.05) is 17.7 Å². The molecule has 3 rings (SSSR count). The number of amides is 1. The zero-order valence-electron chi connectivity index (χ0n) is 16.7. The van der Waals surface area contributed by atoms with E-state index in [1.54, 1.807) is 30.3 Å². The highest BCUT2D eigenvalue weighted by Gasteiger charge is 2.46. The summed E-state index contributed by atoms with van der Waals surface area (Å²) in [6.45, 7) is 5.89. The fourth-order valence-corrected chi connectivity index (χ4v) is 3.52. The number of carbonyl (C=O) groups excluding carboxylic acids is 2. The van der Waals surface area contributed by atoms with Gasteiger partial charge in [-0.1, -0.05) is 37.3 Å². The van der Waals surface area contributed by atoms with Gasteiger partial charge in [0.1, 0.15) is 17.3 Å². The molecule has 1 heterocycles. The number of halogens is 1. The number of rotatable bonds is 6. The molecule has 0 aliphatic carbocycles. The van der Waals surface area contributed by atoms with Crippen LogP contribution in [-0.2, 0) is 9.59 Å². The Hall–Kier alpha value is -3.15. The van der Waals surface area contributed by atoms with Crippen LogP contribution in [-0.4, -0.2) is 34.3 Å².